The van der Waals surface area contributed by atoms with Gasteiger partial charge < -0.3 is 24.0 Å². The summed E-state index contributed by atoms with van der Waals surface area (Å²) >= 11 is 0. The molecule has 0 spiro atoms. The molecule has 0 atom stereocenters. The third kappa shape index (κ3) is 6.12. The van der Waals surface area contributed by atoms with Gasteiger partial charge in [0, 0.05) is 51.4 Å². The lowest BCUT2D eigenvalue weighted by Gasteiger charge is -2.35. The number of carbonyl (C=O) groups excluding carboxylic acids is 2. The topological polar surface area (TPSA) is 115 Å². The van der Waals surface area contributed by atoms with Gasteiger partial charge in [0.2, 0.25) is 18.6 Å². The van der Waals surface area contributed by atoms with Gasteiger partial charge in [-0.3, -0.25) is 24.6 Å². The molecule has 2 aliphatic rings. The molecule has 0 unspecified atom stereocenters. The molecular formula is C28H27FN4O7. The minimum atomic E-state index is -0.870. The van der Waals surface area contributed by atoms with Gasteiger partial charge in [-0.05, 0) is 48.0 Å². The molecule has 1 fully saturated rings. The minimum Gasteiger partial charge on any atom is -0.454 e. The molecule has 2 amide bonds. The standard InChI is InChI=1S/C28H27FN4O7/c1-19(34)32(21-3-6-23(7-4-21)40-25-9-5-22(33(36)37)15-24(25)29)17-28(35)31-12-10-30(11-13-31)16-20-2-8-26-27(14-20)39-18-38-26/h2-9,14-15H,10-13,16-18H2,1H3. The van der Waals surface area contributed by atoms with Crippen LogP contribution in [-0.4, -0.2) is 66.1 Å². The first-order valence-electron chi connectivity index (χ1n) is 12.7. The molecule has 0 saturated carbocycles. The Kier molecular flexibility index (Phi) is 7.78. The highest BCUT2D eigenvalue weighted by molar-refractivity contribution is 5.97. The monoisotopic (exact) mass is 550 g/mol. The number of ether oxygens (including phenoxy) is 3. The molecular weight excluding hydrogens is 523 g/mol. The maximum absolute atomic E-state index is 14.2. The molecule has 0 N–H and O–H groups in total. The second-order valence-electron chi connectivity index (χ2n) is 9.42. The molecule has 2 heterocycles. The summed E-state index contributed by atoms with van der Waals surface area (Å²) in [6, 6.07) is 15.2. The summed E-state index contributed by atoms with van der Waals surface area (Å²) in [5.74, 6) is 0.254. The number of piperazine rings is 1. The molecule has 3 aromatic rings. The number of hydrogen-bond acceptors (Lipinski definition) is 8. The fraction of sp³-hybridized carbons (Fsp3) is 0.286. The van der Waals surface area contributed by atoms with Crippen molar-refractivity contribution < 1.29 is 33.1 Å². The van der Waals surface area contributed by atoms with Crippen LogP contribution in [0.3, 0.4) is 0 Å². The van der Waals surface area contributed by atoms with E-state index >= 15 is 0 Å². The molecule has 0 bridgehead atoms. The fourth-order valence-corrected chi connectivity index (χ4v) is 4.58. The lowest BCUT2D eigenvalue weighted by molar-refractivity contribution is -0.385. The van der Waals surface area contributed by atoms with E-state index in [2.05, 4.69) is 4.90 Å². The van der Waals surface area contributed by atoms with Crippen molar-refractivity contribution in [2.24, 2.45) is 0 Å². The van der Waals surface area contributed by atoms with Gasteiger partial charge in [0.1, 0.15) is 12.3 Å². The summed E-state index contributed by atoms with van der Waals surface area (Å²) < 4.78 is 30.5. The van der Waals surface area contributed by atoms with E-state index < -0.39 is 10.7 Å². The number of halogens is 1. The quantitative estimate of drug-likeness (QED) is 0.306. The van der Waals surface area contributed by atoms with E-state index in [1.165, 1.54) is 30.0 Å². The normalized spacial score (nSPS) is 14.6. The van der Waals surface area contributed by atoms with Crippen LogP contribution in [0.4, 0.5) is 15.8 Å². The third-order valence-electron chi connectivity index (χ3n) is 6.74. The number of hydrogen-bond donors (Lipinski definition) is 0. The number of carbonyl (C=O) groups is 2. The maximum Gasteiger partial charge on any atom is 0.272 e. The molecule has 12 heteroatoms. The van der Waals surface area contributed by atoms with Crippen LogP contribution in [0.2, 0.25) is 0 Å². The lowest BCUT2D eigenvalue weighted by atomic mass is 10.1. The van der Waals surface area contributed by atoms with Gasteiger partial charge in [-0.25, -0.2) is 4.39 Å². The average Bonchev–Trinajstić information content (AvgIpc) is 3.41. The van der Waals surface area contributed by atoms with Crippen molar-refractivity contribution in [2.75, 3.05) is 44.4 Å². The van der Waals surface area contributed by atoms with Crippen LogP contribution in [0, 0.1) is 15.9 Å². The number of amides is 2. The average molecular weight is 551 g/mol. The number of anilines is 1. The van der Waals surface area contributed by atoms with Crippen LogP contribution in [0.25, 0.3) is 0 Å². The molecule has 0 aliphatic carbocycles. The van der Waals surface area contributed by atoms with E-state index in [-0.39, 0.29) is 42.3 Å². The van der Waals surface area contributed by atoms with Crippen molar-refractivity contribution in [1.29, 1.82) is 0 Å². The van der Waals surface area contributed by atoms with Gasteiger partial charge >= 0.3 is 0 Å². The van der Waals surface area contributed by atoms with Crippen LogP contribution < -0.4 is 19.1 Å². The summed E-state index contributed by atoms with van der Waals surface area (Å²) in [6.45, 7) is 4.72. The zero-order valence-corrected chi connectivity index (χ0v) is 21.7. The first kappa shape index (κ1) is 26.9. The first-order chi connectivity index (χ1) is 19.3. The SMILES string of the molecule is CC(=O)N(CC(=O)N1CCN(Cc2ccc3c(c2)OCO3)CC1)c1ccc(Oc2ccc([N+](=O)[O-])cc2F)cc1. The molecule has 5 rings (SSSR count). The molecule has 40 heavy (non-hydrogen) atoms. The number of rotatable bonds is 8. The largest absolute Gasteiger partial charge is 0.454 e. The highest BCUT2D eigenvalue weighted by Gasteiger charge is 2.25. The fourth-order valence-electron chi connectivity index (χ4n) is 4.58. The molecule has 1 saturated heterocycles. The van der Waals surface area contributed by atoms with Gasteiger partial charge in [0.15, 0.2) is 23.1 Å². The second-order valence-corrected chi connectivity index (χ2v) is 9.42. The predicted octanol–water partition coefficient (Wildman–Crippen LogP) is 3.95. The summed E-state index contributed by atoms with van der Waals surface area (Å²) in [5, 5.41) is 10.8. The van der Waals surface area contributed by atoms with Gasteiger partial charge in [-0.2, -0.15) is 0 Å². The lowest BCUT2D eigenvalue weighted by Crippen LogP contribution is -2.51. The Morgan fingerprint density at radius 1 is 1.00 bits per heavy atom. The van der Waals surface area contributed by atoms with Gasteiger partial charge in [-0.1, -0.05) is 6.07 Å². The van der Waals surface area contributed by atoms with E-state index in [0.29, 0.717) is 31.9 Å². The van der Waals surface area contributed by atoms with Crippen molar-refractivity contribution in [3.8, 4) is 23.0 Å². The van der Waals surface area contributed by atoms with Crippen LogP contribution >= 0.6 is 0 Å². The maximum atomic E-state index is 14.2. The summed E-state index contributed by atoms with van der Waals surface area (Å²) in [4.78, 5) is 41.0. The Labute approximate surface area is 229 Å². The number of nitro benzene ring substituents is 1. The van der Waals surface area contributed by atoms with Crippen LogP contribution in [0.15, 0.2) is 60.7 Å². The summed E-state index contributed by atoms with van der Waals surface area (Å²) in [6.07, 6.45) is 0. The molecule has 0 radical (unpaired) electrons. The van der Waals surface area contributed by atoms with E-state index in [1.54, 1.807) is 17.0 Å². The molecule has 3 aromatic carbocycles. The van der Waals surface area contributed by atoms with E-state index in [4.69, 9.17) is 14.2 Å². The van der Waals surface area contributed by atoms with E-state index in [0.717, 1.165) is 35.7 Å². The Morgan fingerprint density at radius 3 is 2.40 bits per heavy atom. The predicted molar refractivity (Wildman–Crippen MR) is 142 cm³/mol. The molecule has 11 nitrogen and oxygen atoms in total. The number of nitro groups is 1. The van der Waals surface area contributed by atoms with Gasteiger partial charge in [0.05, 0.1) is 11.0 Å². The molecule has 0 aromatic heterocycles. The summed E-state index contributed by atoms with van der Waals surface area (Å²) in [7, 11) is 0. The number of nitrogens with zero attached hydrogens (tertiary/aromatic N) is 4. The molecule has 208 valence electrons. The Balaban J connectivity index is 1.15. The van der Waals surface area contributed by atoms with E-state index in [9.17, 15) is 24.1 Å². The van der Waals surface area contributed by atoms with Crippen LogP contribution in [-0.2, 0) is 16.1 Å². The number of non-ortho nitro benzene ring substituents is 1. The Morgan fingerprint density at radius 2 is 1.73 bits per heavy atom. The Hall–Kier alpha value is -4.71. The van der Waals surface area contributed by atoms with Gasteiger partial charge in [0.25, 0.3) is 5.69 Å². The van der Waals surface area contributed by atoms with Crippen LogP contribution in [0.1, 0.15) is 12.5 Å². The van der Waals surface area contributed by atoms with Gasteiger partial charge in [-0.15, -0.1) is 0 Å². The Bertz CT molecular complexity index is 1420. The van der Waals surface area contributed by atoms with Crippen molar-refractivity contribution >= 4 is 23.2 Å². The van der Waals surface area contributed by atoms with Crippen molar-refractivity contribution in [2.45, 2.75) is 13.5 Å². The smallest absolute Gasteiger partial charge is 0.272 e. The van der Waals surface area contributed by atoms with Crippen LogP contribution in [0.5, 0.6) is 23.0 Å². The number of benzene rings is 3. The summed E-state index contributed by atoms with van der Waals surface area (Å²) in [5.41, 5.74) is 1.21. The number of fused-ring (bicyclic) bond motifs is 1. The highest BCUT2D eigenvalue weighted by Crippen LogP contribution is 2.33. The zero-order chi connectivity index (χ0) is 28.2. The van der Waals surface area contributed by atoms with E-state index in [1.807, 2.05) is 18.2 Å². The first-order valence-corrected chi connectivity index (χ1v) is 12.7. The zero-order valence-electron chi connectivity index (χ0n) is 21.7. The minimum absolute atomic E-state index is 0.116. The van der Waals surface area contributed by atoms with Crippen molar-refractivity contribution in [3.63, 3.8) is 0 Å². The van der Waals surface area contributed by atoms with Crippen molar-refractivity contribution in [1.82, 2.24) is 9.80 Å². The van der Waals surface area contributed by atoms with Crippen molar-refractivity contribution in [3.05, 3.63) is 82.2 Å². The highest BCUT2D eigenvalue weighted by atomic mass is 19.1. The third-order valence-corrected chi connectivity index (χ3v) is 6.74. The molecule has 2 aliphatic heterocycles. The second kappa shape index (κ2) is 11.6.